The van der Waals surface area contributed by atoms with Gasteiger partial charge in [0.25, 0.3) is 0 Å². The summed E-state index contributed by atoms with van der Waals surface area (Å²) in [6.45, 7) is 0. The summed E-state index contributed by atoms with van der Waals surface area (Å²) in [5.74, 6) is 0. The van der Waals surface area contributed by atoms with Gasteiger partial charge >= 0.3 is 35.6 Å². The van der Waals surface area contributed by atoms with Crippen molar-refractivity contribution < 1.29 is 67.0 Å². The Balaban J connectivity index is -0.00000000750. The molecule has 0 saturated carbocycles. The molecule has 6 nitrogen and oxygen atoms in total. The number of carbonyl (C=O) groups is 1. The summed E-state index contributed by atoms with van der Waals surface area (Å²) < 4.78 is 0. The van der Waals surface area contributed by atoms with Crippen molar-refractivity contribution in [1.82, 2.24) is 0 Å². The Bertz CT molecular complexity index is 31.5. The van der Waals surface area contributed by atoms with Crippen LogP contribution < -0.4 is 10.2 Å². The normalized spacial score (nSPS) is 3.00. The van der Waals surface area contributed by atoms with Crippen molar-refractivity contribution in [3.8, 4) is 0 Å². The molecule has 0 rings (SSSR count). The number of hydrogen-bond donors (Lipinski definition) is 0. The minimum atomic E-state index is -2.33. The van der Waals surface area contributed by atoms with Gasteiger partial charge in [-0.2, -0.15) is 0 Å². The van der Waals surface area contributed by atoms with Crippen LogP contribution in [0.4, 0.5) is 4.79 Å². The van der Waals surface area contributed by atoms with E-state index in [4.69, 9.17) is 15.0 Å². The summed E-state index contributed by atoms with van der Waals surface area (Å²) in [7, 11) is 0. The Kier molecular flexibility index (Phi) is 133. The molecular formula is CH5LaO6. The molecule has 0 aromatic rings. The van der Waals surface area contributed by atoms with Gasteiger partial charge < -0.3 is 31.4 Å². The molecule has 5 N–H and O–H groups in total. The van der Waals surface area contributed by atoms with E-state index in [1.807, 2.05) is 0 Å². The molecule has 0 aliphatic carbocycles. The van der Waals surface area contributed by atoms with Gasteiger partial charge in [0.2, 0.25) is 0 Å². The van der Waals surface area contributed by atoms with Gasteiger partial charge in [-0.15, -0.1) is 0 Å². The zero-order valence-electron chi connectivity index (χ0n) is 3.75. The fourth-order valence-electron chi connectivity index (χ4n) is 0. The van der Waals surface area contributed by atoms with Gasteiger partial charge in [-0.05, 0) is 6.16 Å². The fraction of sp³-hybridized carbons (Fsp3) is 0. The Morgan fingerprint density at radius 1 is 1.12 bits per heavy atom. The van der Waals surface area contributed by atoms with Crippen molar-refractivity contribution >= 4 is 6.16 Å². The molecule has 0 spiro atoms. The Hall–Kier alpha value is 0.345. The molecule has 0 bridgehead atoms. The summed E-state index contributed by atoms with van der Waals surface area (Å²) in [6, 6.07) is 0. The molecule has 0 amide bonds. The van der Waals surface area contributed by atoms with E-state index < -0.39 is 6.16 Å². The maximum atomic E-state index is 8.33. The van der Waals surface area contributed by atoms with E-state index in [0.717, 1.165) is 0 Å². The average molecular weight is 252 g/mol. The van der Waals surface area contributed by atoms with Gasteiger partial charge in [-0.1, -0.05) is 0 Å². The van der Waals surface area contributed by atoms with Crippen LogP contribution in [0.2, 0.25) is 0 Å². The SMILES string of the molecule is O.O.O=C([O-])[O-].[La+3].[OH-]. The van der Waals surface area contributed by atoms with E-state index in [1.54, 1.807) is 0 Å². The van der Waals surface area contributed by atoms with Crippen molar-refractivity contribution in [3.05, 3.63) is 0 Å². The number of carbonyl (C=O) groups excluding carboxylic acids is 1. The fourth-order valence-corrected chi connectivity index (χ4v) is 0. The van der Waals surface area contributed by atoms with Crippen LogP contribution in [-0.2, 0) is 0 Å². The molecule has 0 aromatic heterocycles. The van der Waals surface area contributed by atoms with Crippen LogP contribution in [0.15, 0.2) is 0 Å². The first kappa shape index (κ1) is 40.2. The van der Waals surface area contributed by atoms with Crippen LogP contribution in [0.3, 0.4) is 0 Å². The molecular weight excluding hydrogens is 247 g/mol. The quantitative estimate of drug-likeness (QED) is 0.427. The molecule has 7 heteroatoms. The largest absolute Gasteiger partial charge is 3.00 e. The van der Waals surface area contributed by atoms with E-state index in [-0.39, 0.29) is 52.0 Å². The Labute approximate surface area is 73.0 Å². The molecule has 0 aliphatic rings. The minimum Gasteiger partial charge on any atom is -0.870 e. The van der Waals surface area contributed by atoms with Gasteiger partial charge in [0.05, 0.1) is 0 Å². The van der Waals surface area contributed by atoms with Gasteiger partial charge in [-0.25, -0.2) is 0 Å². The monoisotopic (exact) mass is 252 g/mol. The Morgan fingerprint density at radius 3 is 1.12 bits per heavy atom. The molecule has 0 fully saturated rings. The van der Waals surface area contributed by atoms with Crippen molar-refractivity contribution in [2.24, 2.45) is 0 Å². The summed E-state index contributed by atoms with van der Waals surface area (Å²) in [4.78, 5) is 8.33. The molecule has 0 aliphatic heterocycles. The smallest absolute Gasteiger partial charge is 0.870 e. The van der Waals surface area contributed by atoms with Crippen LogP contribution >= 0.6 is 0 Å². The third kappa shape index (κ3) is 1520. The second-order valence-electron chi connectivity index (χ2n) is 0.250. The van der Waals surface area contributed by atoms with Crippen LogP contribution in [0.1, 0.15) is 0 Å². The van der Waals surface area contributed by atoms with Crippen molar-refractivity contribution in [3.63, 3.8) is 0 Å². The van der Waals surface area contributed by atoms with Crippen molar-refractivity contribution in [2.75, 3.05) is 0 Å². The van der Waals surface area contributed by atoms with E-state index in [2.05, 4.69) is 0 Å². The zero-order valence-corrected chi connectivity index (χ0v) is 7.38. The summed E-state index contributed by atoms with van der Waals surface area (Å²) in [5, 5.41) is 16.7. The van der Waals surface area contributed by atoms with Gasteiger partial charge in [-0.3, -0.25) is 0 Å². The number of carboxylic acid groups (broad SMARTS) is 2. The third-order valence-corrected chi connectivity index (χ3v) is 0. The molecule has 0 heterocycles. The summed E-state index contributed by atoms with van der Waals surface area (Å²) in [6.07, 6.45) is -2.33. The molecule has 0 radical (unpaired) electrons. The standard InChI is InChI=1S/CH2O3.La.3H2O/c2-1(3)4;;;;/h(H2,2,3,4);;3*1H2/q;+3;;;/p-3. The van der Waals surface area contributed by atoms with Gasteiger partial charge in [0.1, 0.15) is 0 Å². The molecule has 8 heavy (non-hydrogen) atoms. The molecule has 0 aromatic carbocycles. The molecule has 0 saturated heterocycles. The maximum Gasteiger partial charge on any atom is 3.00 e. The number of hydrogen-bond acceptors (Lipinski definition) is 4. The van der Waals surface area contributed by atoms with Gasteiger partial charge in [0, 0.05) is 0 Å². The van der Waals surface area contributed by atoms with Crippen LogP contribution in [-0.4, -0.2) is 22.6 Å². The minimum absolute atomic E-state index is 0. The third-order valence-electron chi connectivity index (χ3n) is 0. The first-order valence-corrected chi connectivity index (χ1v) is 0.612. The Morgan fingerprint density at radius 2 is 1.12 bits per heavy atom. The van der Waals surface area contributed by atoms with Crippen LogP contribution in [0.25, 0.3) is 0 Å². The first-order chi connectivity index (χ1) is 1.73. The topological polar surface area (TPSA) is 156 Å². The number of rotatable bonds is 0. The van der Waals surface area contributed by atoms with Crippen LogP contribution in [0.5, 0.6) is 0 Å². The van der Waals surface area contributed by atoms with Crippen molar-refractivity contribution in [1.29, 1.82) is 0 Å². The second-order valence-corrected chi connectivity index (χ2v) is 0.250. The molecule has 0 unspecified atom stereocenters. The zero-order chi connectivity index (χ0) is 3.58. The van der Waals surface area contributed by atoms with Gasteiger partial charge in [0.15, 0.2) is 0 Å². The molecule has 0 atom stereocenters. The summed E-state index contributed by atoms with van der Waals surface area (Å²) >= 11 is 0. The van der Waals surface area contributed by atoms with E-state index in [1.165, 1.54) is 0 Å². The summed E-state index contributed by atoms with van der Waals surface area (Å²) in [5.41, 5.74) is 0. The van der Waals surface area contributed by atoms with E-state index >= 15 is 0 Å². The molecule has 48 valence electrons. The first-order valence-electron chi connectivity index (χ1n) is 0.612. The van der Waals surface area contributed by atoms with E-state index in [0.29, 0.717) is 0 Å². The average Bonchev–Trinajstić information content (AvgIpc) is 0.811. The predicted octanol–water partition coefficient (Wildman–Crippen LogP) is -4.27. The second kappa shape index (κ2) is 26.4. The van der Waals surface area contributed by atoms with Crippen LogP contribution in [0, 0.1) is 35.6 Å². The maximum absolute atomic E-state index is 8.33. The van der Waals surface area contributed by atoms with Crippen molar-refractivity contribution in [2.45, 2.75) is 0 Å². The predicted molar refractivity (Wildman–Crippen MR) is 14.6 cm³/mol. The van der Waals surface area contributed by atoms with E-state index in [9.17, 15) is 0 Å².